The van der Waals surface area contributed by atoms with E-state index in [1.54, 1.807) is 0 Å². The van der Waals surface area contributed by atoms with E-state index in [2.05, 4.69) is 19.2 Å². The predicted octanol–water partition coefficient (Wildman–Crippen LogP) is 3.92. The minimum atomic E-state index is 0.589. The summed E-state index contributed by atoms with van der Waals surface area (Å²) in [6, 6.07) is 0. The average Bonchev–Trinajstić information content (AvgIpc) is 2.75. The third kappa shape index (κ3) is 1.93. The molecule has 1 saturated carbocycles. The van der Waals surface area contributed by atoms with E-state index in [1.165, 1.54) is 36.4 Å². The SMILES string of the molecule is CC(C)c1csc(C2CCCC2)n1. The standard InChI is InChI=1S/C11H17NS/c1-8(2)10-7-13-11(12-10)9-5-3-4-6-9/h7-9H,3-6H2,1-2H3. The minimum Gasteiger partial charge on any atom is -0.246 e. The Labute approximate surface area is 84.2 Å². The largest absolute Gasteiger partial charge is 0.246 e. The Morgan fingerprint density at radius 1 is 1.38 bits per heavy atom. The fourth-order valence-electron chi connectivity index (χ4n) is 1.93. The summed E-state index contributed by atoms with van der Waals surface area (Å²) in [5, 5.41) is 3.62. The van der Waals surface area contributed by atoms with Gasteiger partial charge in [-0.1, -0.05) is 26.7 Å². The predicted molar refractivity (Wildman–Crippen MR) is 57.4 cm³/mol. The molecule has 0 aromatic carbocycles. The van der Waals surface area contributed by atoms with Gasteiger partial charge in [0.2, 0.25) is 0 Å². The van der Waals surface area contributed by atoms with Gasteiger partial charge in [0.15, 0.2) is 0 Å². The molecular weight excluding hydrogens is 178 g/mol. The van der Waals surface area contributed by atoms with E-state index in [-0.39, 0.29) is 0 Å². The molecule has 0 bridgehead atoms. The zero-order chi connectivity index (χ0) is 9.26. The maximum atomic E-state index is 4.71. The van der Waals surface area contributed by atoms with Gasteiger partial charge >= 0.3 is 0 Å². The van der Waals surface area contributed by atoms with E-state index < -0.39 is 0 Å². The molecule has 0 aliphatic heterocycles. The first-order valence-corrected chi connectivity index (χ1v) is 6.10. The normalized spacial score (nSPS) is 18.7. The second kappa shape index (κ2) is 3.79. The van der Waals surface area contributed by atoms with E-state index in [0.717, 1.165) is 5.92 Å². The molecule has 2 rings (SSSR count). The van der Waals surface area contributed by atoms with Crippen molar-refractivity contribution >= 4 is 11.3 Å². The van der Waals surface area contributed by atoms with Crippen LogP contribution in [0.1, 0.15) is 62.1 Å². The van der Waals surface area contributed by atoms with Gasteiger partial charge in [-0.05, 0) is 18.8 Å². The molecule has 1 heterocycles. The summed E-state index contributed by atoms with van der Waals surface area (Å²) < 4.78 is 0. The van der Waals surface area contributed by atoms with Gasteiger partial charge in [-0.25, -0.2) is 4.98 Å². The van der Waals surface area contributed by atoms with Crippen molar-refractivity contribution in [3.8, 4) is 0 Å². The van der Waals surface area contributed by atoms with E-state index in [4.69, 9.17) is 4.98 Å². The summed E-state index contributed by atoms with van der Waals surface area (Å²) >= 11 is 1.86. The lowest BCUT2D eigenvalue weighted by atomic mass is 10.1. The van der Waals surface area contributed by atoms with Crippen LogP contribution in [0.15, 0.2) is 5.38 Å². The number of hydrogen-bond donors (Lipinski definition) is 0. The second-order valence-corrected chi connectivity index (χ2v) is 5.14. The van der Waals surface area contributed by atoms with Crippen molar-refractivity contribution in [2.45, 2.75) is 51.4 Å². The molecule has 1 aliphatic rings. The van der Waals surface area contributed by atoms with Gasteiger partial charge in [0.25, 0.3) is 0 Å². The Morgan fingerprint density at radius 3 is 2.62 bits per heavy atom. The molecule has 0 atom stereocenters. The lowest BCUT2D eigenvalue weighted by molar-refractivity contribution is 0.705. The quantitative estimate of drug-likeness (QED) is 0.697. The minimum absolute atomic E-state index is 0.589. The highest BCUT2D eigenvalue weighted by Gasteiger charge is 2.20. The van der Waals surface area contributed by atoms with Gasteiger partial charge in [0, 0.05) is 11.3 Å². The van der Waals surface area contributed by atoms with Gasteiger partial charge in [-0.3, -0.25) is 0 Å². The average molecular weight is 195 g/mol. The maximum Gasteiger partial charge on any atom is 0.0959 e. The molecule has 1 aromatic heterocycles. The number of rotatable bonds is 2. The Bertz CT molecular complexity index is 271. The summed E-state index contributed by atoms with van der Waals surface area (Å²) in [7, 11) is 0. The Morgan fingerprint density at radius 2 is 2.08 bits per heavy atom. The van der Waals surface area contributed by atoms with Crippen molar-refractivity contribution in [3.63, 3.8) is 0 Å². The number of nitrogens with zero attached hydrogens (tertiary/aromatic N) is 1. The fourth-order valence-corrected chi connectivity index (χ4v) is 3.08. The lowest BCUT2D eigenvalue weighted by Gasteiger charge is -2.03. The van der Waals surface area contributed by atoms with Crippen molar-refractivity contribution in [1.29, 1.82) is 0 Å². The molecule has 0 saturated heterocycles. The lowest BCUT2D eigenvalue weighted by Crippen LogP contribution is -1.93. The summed E-state index contributed by atoms with van der Waals surface area (Å²) in [6.45, 7) is 4.43. The third-order valence-corrected chi connectivity index (χ3v) is 3.86. The zero-order valence-electron chi connectivity index (χ0n) is 8.42. The number of thiazole rings is 1. The van der Waals surface area contributed by atoms with Crippen LogP contribution in [0.4, 0.5) is 0 Å². The first kappa shape index (κ1) is 9.20. The number of aromatic nitrogens is 1. The van der Waals surface area contributed by atoms with Crippen LogP contribution >= 0.6 is 11.3 Å². The topological polar surface area (TPSA) is 12.9 Å². The van der Waals surface area contributed by atoms with Crippen molar-refractivity contribution in [2.75, 3.05) is 0 Å². The van der Waals surface area contributed by atoms with Gasteiger partial charge < -0.3 is 0 Å². The Kier molecular flexibility index (Phi) is 2.68. The van der Waals surface area contributed by atoms with Crippen LogP contribution in [0.25, 0.3) is 0 Å². The molecule has 2 heteroatoms. The molecule has 1 aromatic rings. The molecule has 0 spiro atoms. The van der Waals surface area contributed by atoms with Crippen molar-refractivity contribution in [1.82, 2.24) is 4.98 Å². The van der Waals surface area contributed by atoms with Crippen LogP contribution in [0, 0.1) is 0 Å². The van der Waals surface area contributed by atoms with Crippen molar-refractivity contribution in [3.05, 3.63) is 16.1 Å². The van der Waals surface area contributed by atoms with Crippen LogP contribution < -0.4 is 0 Å². The van der Waals surface area contributed by atoms with E-state index in [9.17, 15) is 0 Å². The summed E-state index contributed by atoms with van der Waals surface area (Å²) in [5.41, 5.74) is 1.28. The smallest absolute Gasteiger partial charge is 0.0959 e. The molecule has 1 nitrogen and oxygen atoms in total. The van der Waals surface area contributed by atoms with Crippen molar-refractivity contribution < 1.29 is 0 Å². The van der Waals surface area contributed by atoms with Crippen LogP contribution in [0.3, 0.4) is 0 Å². The number of hydrogen-bond acceptors (Lipinski definition) is 2. The first-order valence-electron chi connectivity index (χ1n) is 5.22. The molecule has 1 fully saturated rings. The fraction of sp³-hybridized carbons (Fsp3) is 0.727. The summed E-state index contributed by atoms with van der Waals surface area (Å²) in [4.78, 5) is 4.71. The van der Waals surface area contributed by atoms with E-state index in [1.807, 2.05) is 11.3 Å². The van der Waals surface area contributed by atoms with Crippen LogP contribution in [0.2, 0.25) is 0 Å². The monoisotopic (exact) mass is 195 g/mol. The highest BCUT2D eigenvalue weighted by atomic mass is 32.1. The highest BCUT2D eigenvalue weighted by Crippen LogP contribution is 2.36. The zero-order valence-corrected chi connectivity index (χ0v) is 9.23. The second-order valence-electron chi connectivity index (χ2n) is 4.25. The Hall–Kier alpha value is -0.370. The van der Waals surface area contributed by atoms with Crippen LogP contribution in [-0.4, -0.2) is 4.98 Å². The van der Waals surface area contributed by atoms with Gasteiger partial charge in [-0.2, -0.15) is 0 Å². The highest BCUT2D eigenvalue weighted by molar-refractivity contribution is 7.09. The van der Waals surface area contributed by atoms with Gasteiger partial charge in [0.05, 0.1) is 10.7 Å². The molecule has 72 valence electrons. The third-order valence-electron chi connectivity index (χ3n) is 2.84. The molecule has 13 heavy (non-hydrogen) atoms. The summed E-state index contributed by atoms with van der Waals surface area (Å²) in [6.07, 6.45) is 5.54. The van der Waals surface area contributed by atoms with Gasteiger partial charge in [-0.15, -0.1) is 11.3 Å². The van der Waals surface area contributed by atoms with Crippen molar-refractivity contribution in [2.24, 2.45) is 0 Å². The van der Waals surface area contributed by atoms with Crippen LogP contribution in [0.5, 0.6) is 0 Å². The Balaban J connectivity index is 2.12. The molecule has 0 unspecified atom stereocenters. The molecule has 1 aliphatic carbocycles. The summed E-state index contributed by atoms with van der Waals surface area (Å²) in [5.74, 6) is 1.38. The molecule has 0 amide bonds. The molecule has 0 N–H and O–H groups in total. The van der Waals surface area contributed by atoms with E-state index in [0.29, 0.717) is 5.92 Å². The van der Waals surface area contributed by atoms with E-state index >= 15 is 0 Å². The first-order chi connectivity index (χ1) is 6.27. The molecule has 0 radical (unpaired) electrons. The maximum absolute atomic E-state index is 4.71. The van der Waals surface area contributed by atoms with Crippen LogP contribution in [-0.2, 0) is 0 Å². The van der Waals surface area contributed by atoms with Gasteiger partial charge in [0.1, 0.15) is 0 Å². The molecular formula is C11H17NS.